The van der Waals surface area contributed by atoms with Crippen LogP contribution in [0.15, 0.2) is 0 Å². The molecule has 0 amide bonds. The first-order chi connectivity index (χ1) is 7.84. The maximum atomic E-state index is 6.29. The van der Waals surface area contributed by atoms with Crippen LogP contribution in [0.5, 0.6) is 0 Å². The number of hydrogen-bond donors (Lipinski definition) is 1. The molecule has 0 aromatic heterocycles. The summed E-state index contributed by atoms with van der Waals surface area (Å²) in [5.41, 5.74) is 6.78. The first-order valence-corrected chi connectivity index (χ1v) is 7.28. The highest BCUT2D eigenvalue weighted by atomic mass is 15.1. The monoisotopic (exact) mass is 240 g/mol. The third kappa shape index (κ3) is 4.97. The smallest absolute Gasteiger partial charge is 0.00797 e. The van der Waals surface area contributed by atoms with E-state index in [2.05, 4.69) is 39.6 Å². The molecule has 17 heavy (non-hydrogen) atoms. The molecule has 1 aliphatic carbocycles. The average molecular weight is 240 g/mol. The minimum atomic E-state index is 0.419. The van der Waals surface area contributed by atoms with Crippen LogP contribution in [-0.4, -0.2) is 31.1 Å². The van der Waals surface area contributed by atoms with E-state index in [-0.39, 0.29) is 0 Å². The lowest BCUT2D eigenvalue weighted by atomic mass is 9.70. The molecule has 1 aliphatic rings. The van der Waals surface area contributed by atoms with Gasteiger partial charge in [0.25, 0.3) is 0 Å². The lowest BCUT2D eigenvalue weighted by molar-refractivity contribution is 0.119. The van der Waals surface area contributed by atoms with Gasteiger partial charge in [0.1, 0.15) is 0 Å². The molecule has 0 spiro atoms. The van der Waals surface area contributed by atoms with Crippen LogP contribution in [0.1, 0.15) is 53.4 Å². The summed E-state index contributed by atoms with van der Waals surface area (Å²) >= 11 is 0. The van der Waals surface area contributed by atoms with Crippen LogP contribution >= 0.6 is 0 Å². The van der Waals surface area contributed by atoms with Crippen molar-refractivity contribution in [3.8, 4) is 0 Å². The summed E-state index contributed by atoms with van der Waals surface area (Å²) < 4.78 is 0. The molecule has 0 aliphatic heterocycles. The summed E-state index contributed by atoms with van der Waals surface area (Å²) in [5, 5.41) is 0. The van der Waals surface area contributed by atoms with Gasteiger partial charge in [0.05, 0.1) is 0 Å². The van der Waals surface area contributed by atoms with Gasteiger partial charge in [0, 0.05) is 19.1 Å². The Kier molecular flexibility index (Phi) is 5.46. The third-order valence-corrected chi connectivity index (χ3v) is 4.44. The van der Waals surface area contributed by atoms with Crippen LogP contribution in [-0.2, 0) is 0 Å². The molecule has 2 N–H and O–H groups in total. The maximum Gasteiger partial charge on any atom is 0.00797 e. The van der Waals surface area contributed by atoms with Crippen LogP contribution in [0.2, 0.25) is 0 Å². The molecule has 0 radical (unpaired) electrons. The van der Waals surface area contributed by atoms with Gasteiger partial charge in [-0.15, -0.1) is 0 Å². The van der Waals surface area contributed by atoms with Gasteiger partial charge in [0.15, 0.2) is 0 Å². The molecular formula is C15H32N2. The predicted octanol–water partition coefficient (Wildman–Crippen LogP) is 3.12. The SMILES string of the molecule is CCC(C)CN(C)CC1CC(C)(C)CCC1N. The summed E-state index contributed by atoms with van der Waals surface area (Å²) in [6.45, 7) is 11.8. The predicted molar refractivity (Wildman–Crippen MR) is 76.0 cm³/mol. The zero-order chi connectivity index (χ0) is 13.1. The van der Waals surface area contributed by atoms with Crippen molar-refractivity contribution in [1.29, 1.82) is 0 Å². The molecule has 1 rings (SSSR count). The molecular weight excluding hydrogens is 208 g/mol. The van der Waals surface area contributed by atoms with Gasteiger partial charge in [-0.1, -0.05) is 34.1 Å². The van der Waals surface area contributed by atoms with E-state index in [1.54, 1.807) is 0 Å². The Hall–Kier alpha value is -0.0800. The summed E-state index contributed by atoms with van der Waals surface area (Å²) in [6, 6.07) is 0.419. The molecule has 0 saturated heterocycles. The first kappa shape index (κ1) is 15.0. The topological polar surface area (TPSA) is 29.3 Å². The Balaban J connectivity index is 2.43. The first-order valence-electron chi connectivity index (χ1n) is 7.28. The Morgan fingerprint density at radius 1 is 1.41 bits per heavy atom. The van der Waals surface area contributed by atoms with E-state index in [9.17, 15) is 0 Å². The minimum Gasteiger partial charge on any atom is -0.327 e. The zero-order valence-corrected chi connectivity index (χ0v) is 12.5. The van der Waals surface area contributed by atoms with Crippen molar-refractivity contribution in [3.63, 3.8) is 0 Å². The Morgan fingerprint density at radius 2 is 2.06 bits per heavy atom. The number of hydrogen-bond acceptors (Lipinski definition) is 2. The summed E-state index contributed by atoms with van der Waals surface area (Å²) in [5.74, 6) is 1.49. The summed E-state index contributed by atoms with van der Waals surface area (Å²) in [7, 11) is 2.25. The third-order valence-electron chi connectivity index (χ3n) is 4.44. The van der Waals surface area contributed by atoms with Gasteiger partial charge >= 0.3 is 0 Å². The van der Waals surface area contributed by atoms with E-state index in [0.717, 1.165) is 5.92 Å². The van der Waals surface area contributed by atoms with E-state index < -0.39 is 0 Å². The van der Waals surface area contributed by atoms with Crippen LogP contribution in [0.4, 0.5) is 0 Å². The van der Waals surface area contributed by atoms with Gasteiger partial charge in [-0.3, -0.25) is 0 Å². The molecule has 3 unspecified atom stereocenters. The number of nitrogens with zero attached hydrogens (tertiary/aromatic N) is 1. The summed E-state index contributed by atoms with van der Waals surface area (Å²) in [6.07, 6.45) is 5.06. The van der Waals surface area contributed by atoms with Crippen molar-refractivity contribution in [3.05, 3.63) is 0 Å². The largest absolute Gasteiger partial charge is 0.327 e. The van der Waals surface area contributed by atoms with Gasteiger partial charge in [-0.05, 0) is 43.6 Å². The van der Waals surface area contributed by atoms with Gasteiger partial charge in [0.2, 0.25) is 0 Å². The van der Waals surface area contributed by atoms with Crippen LogP contribution in [0.3, 0.4) is 0 Å². The fourth-order valence-corrected chi connectivity index (χ4v) is 3.09. The van der Waals surface area contributed by atoms with E-state index in [0.29, 0.717) is 17.4 Å². The lowest BCUT2D eigenvalue weighted by Gasteiger charge is -2.41. The average Bonchev–Trinajstić information content (AvgIpc) is 2.23. The van der Waals surface area contributed by atoms with Crippen molar-refractivity contribution >= 4 is 0 Å². The molecule has 0 bridgehead atoms. The lowest BCUT2D eigenvalue weighted by Crippen LogP contribution is -2.44. The maximum absolute atomic E-state index is 6.29. The zero-order valence-electron chi connectivity index (χ0n) is 12.5. The highest BCUT2D eigenvalue weighted by molar-refractivity contribution is 4.88. The molecule has 1 fully saturated rings. The van der Waals surface area contributed by atoms with E-state index >= 15 is 0 Å². The van der Waals surface area contributed by atoms with Crippen LogP contribution in [0, 0.1) is 17.3 Å². The number of rotatable bonds is 5. The Bertz CT molecular complexity index is 225. The Labute approximate surface area is 108 Å². The van der Waals surface area contributed by atoms with Crippen molar-refractivity contribution in [1.82, 2.24) is 4.90 Å². The summed E-state index contributed by atoms with van der Waals surface area (Å²) in [4.78, 5) is 2.49. The van der Waals surface area contributed by atoms with E-state index in [1.165, 1.54) is 38.8 Å². The molecule has 2 nitrogen and oxygen atoms in total. The normalized spacial score (nSPS) is 30.5. The van der Waals surface area contributed by atoms with E-state index in [1.807, 2.05) is 0 Å². The fourth-order valence-electron chi connectivity index (χ4n) is 3.09. The Morgan fingerprint density at radius 3 is 2.65 bits per heavy atom. The standard InChI is InChI=1S/C15H32N2/c1-6-12(2)10-17(5)11-13-9-15(3,4)8-7-14(13)16/h12-14H,6-11,16H2,1-5H3. The van der Waals surface area contributed by atoms with Crippen molar-refractivity contribution in [2.24, 2.45) is 23.0 Å². The molecule has 2 heteroatoms. The van der Waals surface area contributed by atoms with Gasteiger partial charge in [-0.2, -0.15) is 0 Å². The van der Waals surface area contributed by atoms with Crippen molar-refractivity contribution in [2.75, 3.05) is 20.1 Å². The van der Waals surface area contributed by atoms with Crippen molar-refractivity contribution in [2.45, 2.75) is 59.4 Å². The van der Waals surface area contributed by atoms with E-state index in [4.69, 9.17) is 5.73 Å². The quantitative estimate of drug-likeness (QED) is 0.800. The highest BCUT2D eigenvalue weighted by Gasteiger charge is 2.33. The van der Waals surface area contributed by atoms with Crippen LogP contribution < -0.4 is 5.73 Å². The molecule has 0 heterocycles. The van der Waals surface area contributed by atoms with Crippen LogP contribution in [0.25, 0.3) is 0 Å². The minimum absolute atomic E-state index is 0.419. The van der Waals surface area contributed by atoms with Crippen molar-refractivity contribution < 1.29 is 0 Å². The second-order valence-electron chi connectivity index (χ2n) is 7.07. The molecule has 102 valence electrons. The highest BCUT2D eigenvalue weighted by Crippen LogP contribution is 2.38. The van der Waals surface area contributed by atoms with Gasteiger partial charge < -0.3 is 10.6 Å². The second kappa shape index (κ2) is 6.19. The molecule has 1 saturated carbocycles. The second-order valence-corrected chi connectivity index (χ2v) is 7.07. The molecule has 0 aromatic rings. The molecule has 0 aromatic carbocycles. The van der Waals surface area contributed by atoms with Gasteiger partial charge in [-0.25, -0.2) is 0 Å². The number of nitrogens with two attached hydrogens (primary N) is 1. The molecule has 3 atom stereocenters. The fraction of sp³-hybridized carbons (Fsp3) is 1.00.